The van der Waals surface area contributed by atoms with Gasteiger partial charge in [-0.25, -0.2) is 0 Å². The summed E-state index contributed by atoms with van der Waals surface area (Å²) in [7, 11) is 0. The molecule has 27 heavy (non-hydrogen) atoms. The molecule has 1 saturated heterocycles. The largest absolute Gasteiger partial charge is 1.00 e. The van der Waals surface area contributed by atoms with E-state index in [0.717, 1.165) is 44.3 Å². The molecule has 1 aliphatic carbocycles. The van der Waals surface area contributed by atoms with E-state index in [1.54, 1.807) is 6.07 Å². The summed E-state index contributed by atoms with van der Waals surface area (Å²) in [6.07, 6.45) is 3.54. The summed E-state index contributed by atoms with van der Waals surface area (Å²) in [5, 5.41) is 7.60. The topological polar surface area (TPSA) is 72.7 Å². The first-order valence-electron chi connectivity index (χ1n) is 9.54. The van der Waals surface area contributed by atoms with Crippen LogP contribution in [0.25, 0.3) is 5.32 Å². The van der Waals surface area contributed by atoms with Gasteiger partial charge in [0.25, 0.3) is 5.91 Å². The van der Waals surface area contributed by atoms with Gasteiger partial charge < -0.3 is 25.1 Å². The van der Waals surface area contributed by atoms with Gasteiger partial charge in [0, 0.05) is 24.2 Å². The molecule has 1 atom stereocenters. The first-order valence-corrected chi connectivity index (χ1v) is 9.54. The van der Waals surface area contributed by atoms with E-state index in [2.05, 4.69) is 10.6 Å². The zero-order valence-electron chi connectivity index (χ0n) is 16.7. The van der Waals surface area contributed by atoms with Crippen LogP contribution in [-0.4, -0.2) is 47.5 Å². The molecule has 0 radical (unpaired) electrons. The average molecular weight is 442 g/mol. The number of nitrogens with one attached hydrogen (secondary N) is 1. The molecule has 1 aromatic carbocycles. The third-order valence-electron chi connectivity index (χ3n) is 5.61. The number of nitrogens with zero attached hydrogens (tertiary/aromatic N) is 2. The molecular formula is C20H26N3O3Rb. The van der Waals surface area contributed by atoms with E-state index in [1.165, 1.54) is 0 Å². The average Bonchev–Trinajstić information content (AvgIpc) is 3.37. The predicted octanol–water partition coefficient (Wildman–Crippen LogP) is 0.0584. The number of benzene rings is 1. The van der Waals surface area contributed by atoms with Crippen molar-refractivity contribution in [1.82, 2.24) is 10.2 Å². The second-order valence-corrected chi connectivity index (χ2v) is 7.95. The van der Waals surface area contributed by atoms with Gasteiger partial charge >= 0.3 is 58.2 Å². The maximum Gasteiger partial charge on any atom is 1.00 e. The van der Waals surface area contributed by atoms with Crippen LogP contribution in [0, 0.1) is 6.92 Å². The molecule has 1 N–H and O–H groups in total. The standard InChI is InChI=1S/C20H27N3O3.Rb/c1-12(2)23(14-5-4-8-21-11-14)18(24)15-10-16-17(9-13(15)3)26-20(6-7-20)19(25)22-16;/h9-10,12,14,21H,4-8,11H2,1-3H3,(H,22,25);/q;+1/p-1. The molecule has 4 rings (SSSR count). The minimum Gasteiger partial charge on any atom is -0.620 e. The summed E-state index contributed by atoms with van der Waals surface area (Å²) in [6.45, 7) is 7.85. The van der Waals surface area contributed by atoms with E-state index < -0.39 is 5.60 Å². The minimum atomic E-state index is -0.720. The summed E-state index contributed by atoms with van der Waals surface area (Å²) in [4.78, 5) is 27.5. The number of ether oxygens (including phenoxy) is 1. The van der Waals surface area contributed by atoms with Crippen molar-refractivity contribution in [1.29, 1.82) is 0 Å². The Balaban J connectivity index is 0.00000210. The molecule has 2 heterocycles. The number of carbonyl (C=O) groups is 2. The molecule has 7 heteroatoms. The van der Waals surface area contributed by atoms with Crippen molar-refractivity contribution in [3.05, 3.63) is 28.6 Å². The van der Waals surface area contributed by atoms with E-state index in [1.807, 2.05) is 31.7 Å². The quantitative estimate of drug-likeness (QED) is 0.720. The number of hydrogen-bond donors (Lipinski definition) is 1. The van der Waals surface area contributed by atoms with Crippen LogP contribution in [0.15, 0.2) is 12.1 Å². The van der Waals surface area contributed by atoms with Gasteiger partial charge in [-0.1, -0.05) is 11.8 Å². The first-order chi connectivity index (χ1) is 12.4. The van der Waals surface area contributed by atoms with Crippen molar-refractivity contribution in [2.75, 3.05) is 13.1 Å². The summed E-state index contributed by atoms with van der Waals surface area (Å²) in [6, 6.07) is 3.88. The monoisotopic (exact) mass is 441 g/mol. The smallest absolute Gasteiger partial charge is 0.620 e. The molecule has 2 aliphatic heterocycles. The van der Waals surface area contributed by atoms with Crippen LogP contribution < -0.4 is 68.2 Å². The Morgan fingerprint density at radius 3 is 2.70 bits per heavy atom. The molecule has 3 aliphatic rings. The minimum absolute atomic E-state index is 0. The fourth-order valence-corrected chi connectivity index (χ4v) is 4.00. The summed E-state index contributed by atoms with van der Waals surface area (Å²) >= 11 is 0. The second-order valence-electron chi connectivity index (χ2n) is 7.95. The molecule has 1 saturated carbocycles. The van der Waals surface area contributed by atoms with E-state index in [-0.39, 0.29) is 82.1 Å². The van der Waals surface area contributed by atoms with Gasteiger partial charge in [0.05, 0.1) is 5.91 Å². The van der Waals surface area contributed by atoms with E-state index in [9.17, 15) is 9.59 Å². The van der Waals surface area contributed by atoms with Gasteiger partial charge in [-0.2, -0.15) is 0 Å². The fourth-order valence-electron chi connectivity index (χ4n) is 4.00. The van der Waals surface area contributed by atoms with Crippen molar-refractivity contribution in [2.45, 2.75) is 64.1 Å². The Kier molecular flexibility index (Phi) is 6.53. The Hall–Kier alpha value is -0.275. The van der Waals surface area contributed by atoms with E-state index in [4.69, 9.17) is 4.74 Å². The maximum atomic E-state index is 13.3. The van der Waals surface area contributed by atoms with Gasteiger partial charge in [0.1, 0.15) is 5.75 Å². The molecule has 2 fully saturated rings. The van der Waals surface area contributed by atoms with Gasteiger partial charge in [0.2, 0.25) is 0 Å². The van der Waals surface area contributed by atoms with Crippen LogP contribution in [0.4, 0.5) is 5.69 Å². The van der Waals surface area contributed by atoms with Crippen molar-refractivity contribution in [3.63, 3.8) is 0 Å². The van der Waals surface area contributed by atoms with E-state index >= 15 is 0 Å². The van der Waals surface area contributed by atoms with Crippen LogP contribution in [-0.2, 0) is 4.79 Å². The Morgan fingerprint density at radius 1 is 1.37 bits per heavy atom. The van der Waals surface area contributed by atoms with Crippen LogP contribution in [0.1, 0.15) is 55.5 Å². The number of aryl methyl sites for hydroxylation is 1. The van der Waals surface area contributed by atoms with Gasteiger partial charge in [-0.05, 0) is 64.6 Å². The molecular weight excluding hydrogens is 416 g/mol. The molecule has 2 amide bonds. The predicted molar refractivity (Wildman–Crippen MR) is 99.0 cm³/mol. The molecule has 140 valence electrons. The number of amides is 2. The maximum absolute atomic E-state index is 13.3. The van der Waals surface area contributed by atoms with Crippen molar-refractivity contribution < 1.29 is 72.5 Å². The number of piperidine rings is 1. The molecule has 0 aromatic heterocycles. The molecule has 1 unspecified atom stereocenters. The normalized spacial score (nSPS) is 22.4. The molecule has 0 bridgehead atoms. The van der Waals surface area contributed by atoms with Gasteiger partial charge in [-0.3, -0.25) is 4.79 Å². The summed E-state index contributed by atoms with van der Waals surface area (Å²) in [5.74, 6) is 0.402. The summed E-state index contributed by atoms with van der Waals surface area (Å²) in [5.41, 5.74) is 1.23. The van der Waals surface area contributed by atoms with Crippen LogP contribution in [0.2, 0.25) is 0 Å². The Morgan fingerprint density at radius 2 is 2.11 bits per heavy atom. The Labute approximate surface area is 209 Å². The molecule has 1 spiro atoms. The van der Waals surface area contributed by atoms with Crippen molar-refractivity contribution in [2.24, 2.45) is 0 Å². The SMILES string of the molecule is Cc1cc2c(cc1C(=O)N(C(C)C)C1CCCNC1)[N-]C(=O)C1(CC1)O2.[Rb+]. The summed E-state index contributed by atoms with van der Waals surface area (Å²) < 4.78 is 5.90. The number of fused-ring (bicyclic) bond motifs is 1. The third-order valence-corrected chi connectivity index (χ3v) is 5.61. The zero-order chi connectivity index (χ0) is 18.5. The number of rotatable bonds is 3. The van der Waals surface area contributed by atoms with Crippen LogP contribution >= 0.6 is 0 Å². The van der Waals surface area contributed by atoms with Gasteiger partial charge in [0.15, 0.2) is 5.60 Å². The fraction of sp³-hybridized carbons (Fsp3) is 0.600. The van der Waals surface area contributed by atoms with E-state index in [0.29, 0.717) is 17.0 Å². The second kappa shape index (κ2) is 8.23. The van der Waals surface area contributed by atoms with Gasteiger partial charge in [-0.15, -0.1) is 0 Å². The first kappa shape index (κ1) is 21.4. The zero-order valence-corrected chi connectivity index (χ0v) is 21.6. The van der Waals surface area contributed by atoms with Crippen molar-refractivity contribution >= 4 is 17.5 Å². The molecule has 6 nitrogen and oxygen atoms in total. The van der Waals surface area contributed by atoms with Crippen LogP contribution in [0.3, 0.4) is 0 Å². The number of hydrogen-bond acceptors (Lipinski definition) is 4. The number of carbonyl (C=O) groups excluding carboxylic acids is 2. The van der Waals surface area contributed by atoms with Crippen LogP contribution in [0.5, 0.6) is 5.75 Å². The molecule has 1 aromatic rings. The Bertz CT molecular complexity index is 755. The van der Waals surface area contributed by atoms with Crippen molar-refractivity contribution in [3.8, 4) is 5.75 Å². The third kappa shape index (κ3) is 4.06.